The molecule has 2 aliphatic heterocycles. The van der Waals surface area contributed by atoms with Crippen molar-refractivity contribution in [2.24, 2.45) is 15.9 Å². The number of ether oxygens (including phenoxy) is 3. The van der Waals surface area contributed by atoms with E-state index in [1.54, 1.807) is 25.8 Å². The van der Waals surface area contributed by atoms with E-state index < -0.39 is 14.0 Å². The molecule has 0 aromatic carbocycles. The van der Waals surface area contributed by atoms with Crippen molar-refractivity contribution in [2.75, 3.05) is 49.4 Å². The Kier molecular flexibility index (Phi) is 13.7. The number of thioether (sulfide) groups is 1. The predicted molar refractivity (Wildman–Crippen MR) is 197 cm³/mol. The predicted octanol–water partition coefficient (Wildman–Crippen LogP) is 7.56. The van der Waals surface area contributed by atoms with E-state index in [1.807, 2.05) is 30.2 Å². The first-order valence-corrected chi connectivity index (χ1v) is 22.1. The number of aromatic nitrogens is 3. The number of carbonyl (C=O) groups excluding carboxylic acids is 1. The lowest BCUT2D eigenvalue weighted by Crippen LogP contribution is -2.25. The van der Waals surface area contributed by atoms with Gasteiger partial charge in [0, 0.05) is 51.6 Å². The van der Waals surface area contributed by atoms with Gasteiger partial charge in [0.1, 0.15) is 5.04 Å². The van der Waals surface area contributed by atoms with Gasteiger partial charge in [-0.25, -0.2) is 19.8 Å². The molecule has 0 N–H and O–H groups in total. The van der Waals surface area contributed by atoms with E-state index in [0.717, 1.165) is 62.4 Å². The van der Waals surface area contributed by atoms with Gasteiger partial charge in [-0.2, -0.15) is 0 Å². The van der Waals surface area contributed by atoms with E-state index in [0.29, 0.717) is 48.8 Å². The van der Waals surface area contributed by atoms with E-state index in [9.17, 15) is 4.79 Å². The van der Waals surface area contributed by atoms with Crippen molar-refractivity contribution in [3.05, 3.63) is 46.1 Å². The molecule has 4 heterocycles. The minimum atomic E-state index is -1.18. The Morgan fingerprint density at radius 2 is 2.02 bits per heavy atom. The Morgan fingerprint density at radius 3 is 2.73 bits per heavy atom. The van der Waals surface area contributed by atoms with E-state index in [1.165, 1.54) is 11.3 Å². The molecule has 1 unspecified atom stereocenters. The first kappa shape index (κ1) is 35.9. The molecular weight excluding hydrogens is 740 g/mol. The van der Waals surface area contributed by atoms with E-state index in [4.69, 9.17) is 24.2 Å². The summed E-state index contributed by atoms with van der Waals surface area (Å²) in [4.78, 5) is 30.0. The number of hydrogen-bond donors (Lipinski definition) is 0. The molecule has 10 nitrogen and oxygen atoms in total. The van der Waals surface area contributed by atoms with Crippen LogP contribution in [0.1, 0.15) is 40.7 Å². The second-order valence-corrected chi connectivity index (χ2v) is 20.7. The minimum absolute atomic E-state index is 0.0114. The summed E-state index contributed by atoms with van der Waals surface area (Å²) in [6.45, 7) is 13.7. The highest BCUT2D eigenvalue weighted by Gasteiger charge is 2.28. The lowest BCUT2D eigenvalue weighted by Gasteiger charge is -2.23. The van der Waals surface area contributed by atoms with Crippen LogP contribution in [0, 0.1) is 12.8 Å². The molecule has 0 saturated heterocycles. The SMILES string of the molecule is CCOC(=O)c1nc(N(CCCOC)c2cc(C)c(/N=C3\SC4=NC=CC4=CC3COCC[Si](C)(C)C)nn2)sc1CCCI. The number of carbonyl (C=O) groups is 1. The van der Waals surface area contributed by atoms with Gasteiger partial charge < -0.3 is 19.1 Å². The summed E-state index contributed by atoms with van der Waals surface area (Å²) < 4.78 is 17.8. The molecule has 0 saturated carbocycles. The summed E-state index contributed by atoms with van der Waals surface area (Å²) in [6.07, 6.45) is 8.52. The van der Waals surface area contributed by atoms with Gasteiger partial charge >= 0.3 is 5.97 Å². The topological polar surface area (TPSA) is 111 Å². The van der Waals surface area contributed by atoms with Crippen LogP contribution in [0.25, 0.3) is 0 Å². The second-order valence-electron chi connectivity index (χ2n) is 11.9. The number of hydrogen-bond acceptors (Lipinski definition) is 12. The molecule has 2 aromatic rings. The molecule has 0 bridgehead atoms. The van der Waals surface area contributed by atoms with Gasteiger partial charge in [0.25, 0.3) is 0 Å². The third-order valence-electron chi connectivity index (χ3n) is 6.98. The summed E-state index contributed by atoms with van der Waals surface area (Å²) in [5.74, 6) is 0.822. The van der Waals surface area contributed by atoms with E-state index in [-0.39, 0.29) is 5.92 Å². The van der Waals surface area contributed by atoms with Crippen molar-refractivity contribution in [2.45, 2.75) is 58.8 Å². The summed E-state index contributed by atoms with van der Waals surface area (Å²) in [5, 5.41) is 11.7. The molecule has 2 aromatic heterocycles. The number of fused-ring (bicyclic) bond motifs is 1. The summed E-state index contributed by atoms with van der Waals surface area (Å²) >= 11 is 5.43. The van der Waals surface area contributed by atoms with E-state index >= 15 is 0 Å². The van der Waals surface area contributed by atoms with Gasteiger partial charge in [0.2, 0.25) is 0 Å². The van der Waals surface area contributed by atoms with Gasteiger partial charge in [-0.05, 0) is 61.3 Å². The maximum absolute atomic E-state index is 12.8. The highest BCUT2D eigenvalue weighted by Crippen LogP contribution is 2.36. The first-order chi connectivity index (χ1) is 21.6. The molecule has 0 fully saturated rings. The highest BCUT2D eigenvalue weighted by atomic mass is 127. The Morgan fingerprint density at radius 1 is 1.20 bits per heavy atom. The Labute approximate surface area is 289 Å². The lowest BCUT2D eigenvalue weighted by molar-refractivity contribution is 0.0519. The van der Waals surface area contributed by atoms with Crippen LogP contribution in [0.4, 0.5) is 16.8 Å². The Bertz CT molecular complexity index is 1460. The van der Waals surface area contributed by atoms with Crippen LogP contribution in [0.2, 0.25) is 25.7 Å². The fourth-order valence-corrected chi connectivity index (χ4v) is 7.76. The average molecular weight is 783 g/mol. The van der Waals surface area contributed by atoms with Crippen LogP contribution >= 0.6 is 45.7 Å². The standard InChI is InChI=1S/C31H43IN6O4S2Si/c1-7-42-30(39)26-24(10-8-12-32)43-31(34-26)38(14-9-15-40-3)25-18-21(2)27(37-36-25)35-29-23(20-41-16-17-45(4,5)6)19-22-11-13-33-28(22)44-29/h11,13,18-19,23H,7-10,12,14-17,20H2,1-6H3/b35-29-. The number of aliphatic imine (C=N–C) groups is 2. The number of nitrogens with zero attached hydrogens (tertiary/aromatic N) is 6. The quantitative estimate of drug-likeness (QED) is 0.0528. The van der Waals surface area contributed by atoms with Crippen molar-refractivity contribution in [3.63, 3.8) is 0 Å². The number of thiazole rings is 1. The largest absolute Gasteiger partial charge is 0.461 e. The fourth-order valence-electron chi connectivity index (χ4n) is 4.52. The molecule has 4 rings (SSSR count). The molecule has 0 aliphatic carbocycles. The van der Waals surface area contributed by atoms with Crippen LogP contribution in [0.15, 0.2) is 40.0 Å². The van der Waals surface area contributed by atoms with Crippen molar-refractivity contribution in [3.8, 4) is 0 Å². The number of alkyl halides is 1. The lowest BCUT2D eigenvalue weighted by atomic mass is 10.1. The van der Waals surface area contributed by atoms with Crippen molar-refractivity contribution in [1.29, 1.82) is 0 Å². The second kappa shape index (κ2) is 17.2. The molecular formula is C31H43IN6O4S2Si. The first-order valence-electron chi connectivity index (χ1n) is 15.3. The zero-order chi connectivity index (χ0) is 32.4. The molecule has 0 spiro atoms. The van der Waals surface area contributed by atoms with Crippen LogP contribution in [-0.4, -0.2) is 83.8 Å². The zero-order valence-electron chi connectivity index (χ0n) is 27.0. The fraction of sp³-hybridized carbons (Fsp3) is 0.548. The van der Waals surface area contributed by atoms with Crippen LogP contribution in [0.5, 0.6) is 0 Å². The zero-order valence-corrected chi connectivity index (χ0v) is 31.8. The Hall–Kier alpha value is -1.98. The van der Waals surface area contributed by atoms with Crippen LogP contribution < -0.4 is 4.90 Å². The summed E-state index contributed by atoms with van der Waals surface area (Å²) in [7, 11) is 0.505. The third kappa shape index (κ3) is 10.3. The minimum Gasteiger partial charge on any atom is -0.461 e. The summed E-state index contributed by atoms with van der Waals surface area (Å²) in [5.41, 5.74) is 2.39. The average Bonchev–Trinajstić information content (AvgIpc) is 3.64. The highest BCUT2D eigenvalue weighted by molar-refractivity contribution is 14.1. The van der Waals surface area contributed by atoms with Gasteiger partial charge in [-0.3, -0.25) is 0 Å². The number of allylic oxidation sites excluding steroid dienone is 1. The van der Waals surface area contributed by atoms with Crippen molar-refractivity contribution in [1.82, 2.24) is 15.2 Å². The van der Waals surface area contributed by atoms with Gasteiger partial charge in [0.15, 0.2) is 22.5 Å². The van der Waals surface area contributed by atoms with Gasteiger partial charge in [0.05, 0.1) is 24.2 Å². The maximum Gasteiger partial charge on any atom is 0.358 e. The number of halogens is 1. The maximum atomic E-state index is 12.8. The van der Waals surface area contributed by atoms with Crippen molar-refractivity contribution >= 4 is 86.6 Å². The van der Waals surface area contributed by atoms with Crippen molar-refractivity contribution < 1.29 is 19.0 Å². The molecule has 244 valence electrons. The molecule has 0 amide bonds. The Balaban J connectivity index is 1.62. The number of rotatable bonds is 17. The number of aryl methyl sites for hydroxylation is 2. The monoisotopic (exact) mass is 782 g/mol. The molecule has 2 aliphatic rings. The number of methoxy groups -OCH3 is 1. The van der Waals surface area contributed by atoms with Crippen LogP contribution in [-0.2, 0) is 20.6 Å². The number of anilines is 2. The van der Waals surface area contributed by atoms with Crippen LogP contribution in [0.3, 0.4) is 0 Å². The smallest absolute Gasteiger partial charge is 0.358 e. The molecule has 45 heavy (non-hydrogen) atoms. The van der Waals surface area contributed by atoms with E-state index in [2.05, 4.69) is 63.5 Å². The number of esters is 1. The molecule has 1 atom stereocenters. The summed E-state index contributed by atoms with van der Waals surface area (Å²) in [6, 6.07) is 3.10. The normalized spacial score (nSPS) is 17.0. The molecule has 14 heteroatoms. The third-order valence-corrected chi connectivity index (χ3v) is 11.7. The van der Waals surface area contributed by atoms with Gasteiger partial charge in [-0.15, -0.1) is 21.5 Å². The van der Waals surface area contributed by atoms with Gasteiger partial charge in [-0.1, -0.05) is 60.1 Å². The molecule has 0 radical (unpaired) electrons.